The van der Waals surface area contributed by atoms with Crippen LogP contribution < -0.4 is 10.2 Å². The largest absolute Gasteiger partial charge is 0.360 e. The monoisotopic (exact) mass is 283 g/mol. The number of para-hydroxylation sites is 1. The van der Waals surface area contributed by atoms with Crippen LogP contribution >= 0.6 is 0 Å². The number of morpholine rings is 1. The summed E-state index contributed by atoms with van der Waals surface area (Å²) in [6.07, 6.45) is -0.407. The number of nitrogens with one attached hydrogen (secondary N) is 1. The van der Waals surface area contributed by atoms with Gasteiger partial charge in [-0.3, -0.25) is 0 Å². The average Bonchev–Trinajstić information content (AvgIpc) is 2.54. The molecule has 6 nitrogen and oxygen atoms in total. The Morgan fingerprint density at radius 3 is 3.10 bits per heavy atom. The number of nitrogens with zero attached hydrogens (tertiary/aromatic N) is 4. The van der Waals surface area contributed by atoms with Crippen LogP contribution in [0.3, 0.4) is 0 Å². The van der Waals surface area contributed by atoms with Crippen molar-refractivity contribution in [1.29, 1.82) is 5.26 Å². The Balaban J connectivity index is 2.05. The lowest BCUT2D eigenvalue weighted by Gasteiger charge is -2.31. The van der Waals surface area contributed by atoms with Gasteiger partial charge in [-0.25, -0.2) is 4.98 Å². The van der Waals surface area contributed by atoms with E-state index < -0.39 is 6.10 Å². The molecule has 1 atom stereocenters. The molecule has 2 aromatic rings. The third kappa shape index (κ3) is 2.73. The molecule has 3 rings (SSSR count). The molecule has 1 aromatic heterocycles. The number of hydrogen-bond acceptors (Lipinski definition) is 6. The molecule has 1 aliphatic rings. The van der Waals surface area contributed by atoms with Gasteiger partial charge in [0, 0.05) is 18.5 Å². The SMILES string of the molecule is CCNc1nc(N2CCOC(C#N)C2)c2ccccc2n1. The highest BCUT2D eigenvalue weighted by Crippen LogP contribution is 2.26. The molecule has 1 aliphatic heterocycles. The van der Waals surface area contributed by atoms with Gasteiger partial charge in [-0.05, 0) is 19.1 Å². The lowest BCUT2D eigenvalue weighted by molar-refractivity contribution is 0.0762. The molecule has 1 unspecified atom stereocenters. The van der Waals surface area contributed by atoms with Crippen LogP contribution in [0.2, 0.25) is 0 Å². The van der Waals surface area contributed by atoms with Gasteiger partial charge in [-0.1, -0.05) is 12.1 Å². The van der Waals surface area contributed by atoms with Crippen LogP contribution in [0.25, 0.3) is 10.9 Å². The first-order chi connectivity index (χ1) is 10.3. The lowest BCUT2D eigenvalue weighted by atomic mass is 10.2. The molecule has 0 bridgehead atoms. The first-order valence-electron chi connectivity index (χ1n) is 7.08. The second kappa shape index (κ2) is 5.94. The van der Waals surface area contributed by atoms with E-state index in [4.69, 9.17) is 10.00 Å². The molecule has 0 aliphatic carbocycles. The fourth-order valence-corrected chi connectivity index (χ4v) is 2.46. The second-order valence-electron chi connectivity index (χ2n) is 4.85. The van der Waals surface area contributed by atoms with E-state index in [2.05, 4.69) is 26.3 Å². The highest BCUT2D eigenvalue weighted by atomic mass is 16.5. The van der Waals surface area contributed by atoms with Gasteiger partial charge >= 0.3 is 0 Å². The number of ether oxygens (including phenoxy) is 1. The van der Waals surface area contributed by atoms with Crippen molar-refractivity contribution in [2.24, 2.45) is 0 Å². The van der Waals surface area contributed by atoms with Gasteiger partial charge in [0.25, 0.3) is 0 Å². The lowest BCUT2D eigenvalue weighted by Crippen LogP contribution is -2.42. The van der Waals surface area contributed by atoms with Gasteiger partial charge in [-0.15, -0.1) is 0 Å². The Morgan fingerprint density at radius 2 is 2.29 bits per heavy atom. The van der Waals surface area contributed by atoms with E-state index in [-0.39, 0.29) is 0 Å². The maximum Gasteiger partial charge on any atom is 0.225 e. The van der Waals surface area contributed by atoms with Crippen LogP contribution in [0.1, 0.15) is 6.92 Å². The van der Waals surface area contributed by atoms with Crippen LogP contribution in [0, 0.1) is 11.3 Å². The third-order valence-corrected chi connectivity index (χ3v) is 3.43. The molecule has 21 heavy (non-hydrogen) atoms. The van der Waals surface area contributed by atoms with Crippen LogP contribution in [0.4, 0.5) is 11.8 Å². The van der Waals surface area contributed by atoms with Crippen LogP contribution in [-0.2, 0) is 4.74 Å². The number of fused-ring (bicyclic) bond motifs is 1. The quantitative estimate of drug-likeness (QED) is 0.925. The average molecular weight is 283 g/mol. The summed E-state index contributed by atoms with van der Waals surface area (Å²) in [5, 5.41) is 13.2. The molecule has 0 radical (unpaired) electrons. The molecule has 2 heterocycles. The predicted molar refractivity (Wildman–Crippen MR) is 81.3 cm³/mol. The third-order valence-electron chi connectivity index (χ3n) is 3.43. The van der Waals surface area contributed by atoms with Crippen molar-refractivity contribution in [3.8, 4) is 6.07 Å². The van der Waals surface area contributed by atoms with Gasteiger partial charge in [0.05, 0.1) is 24.7 Å². The fourth-order valence-electron chi connectivity index (χ4n) is 2.46. The standard InChI is InChI=1S/C15H17N5O/c1-2-17-15-18-13-6-4-3-5-12(13)14(19-15)20-7-8-21-11(9-16)10-20/h3-6,11H,2,7-8,10H2,1H3,(H,17,18,19). The summed E-state index contributed by atoms with van der Waals surface area (Å²) in [4.78, 5) is 11.2. The minimum Gasteiger partial charge on any atom is -0.360 e. The number of benzene rings is 1. The highest BCUT2D eigenvalue weighted by Gasteiger charge is 2.23. The normalized spacial score (nSPS) is 18.5. The number of hydrogen-bond donors (Lipinski definition) is 1. The summed E-state index contributed by atoms with van der Waals surface area (Å²) >= 11 is 0. The van der Waals surface area contributed by atoms with E-state index >= 15 is 0 Å². The minimum absolute atomic E-state index is 0.407. The van der Waals surface area contributed by atoms with E-state index in [1.54, 1.807) is 0 Å². The number of anilines is 2. The molecule has 6 heteroatoms. The molecule has 108 valence electrons. The Labute approximate surface area is 123 Å². The summed E-state index contributed by atoms with van der Waals surface area (Å²) in [5.41, 5.74) is 0.901. The Hall–Kier alpha value is -2.39. The van der Waals surface area contributed by atoms with Crippen molar-refractivity contribution in [1.82, 2.24) is 9.97 Å². The predicted octanol–water partition coefficient (Wildman–Crippen LogP) is 1.79. The van der Waals surface area contributed by atoms with Gasteiger partial charge in [0.2, 0.25) is 5.95 Å². The second-order valence-corrected chi connectivity index (χ2v) is 4.85. The minimum atomic E-state index is -0.407. The Kier molecular flexibility index (Phi) is 3.84. The molecule has 1 saturated heterocycles. The van der Waals surface area contributed by atoms with Crippen LogP contribution in [-0.4, -0.2) is 42.3 Å². The van der Waals surface area contributed by atoms with E-state index in [9.17, 15) is 0 Å². The van der Waals surface area contributed by atoms with Crippen LogP contribution in [0.5, 0.6) is 0 Å². The summed E-state index contributed by atoms with van der Waals surface area (Å²) < 4.78 is 5.41. The van der Waals surface area contributed by atoms with Crippen molar-refractivity contribution in [3.05, 3.63) is 24.3 Å². The summed E-state index contributed by atoms with van der Waals surface area (Å²) in [5.74, 6) is 1.48. The van der Waals surface area contributed by atoms with Crippen molar-refractivity contribution in [2.45, 2.75) is 13.0 Å². The van der Waals surface area contributed by atoms with Gasteiger partial charge in [0.1, 0.15) is 5.82 Å². The molecular formula is C15H17N5O. The molecule has 1 aromatic carbocycles. The molecule has 0 amide bonds. The molecule has 1 N–H and O–H groups in total. The topological polar surface area (TPSA) is 74.1 Å². The van der Waals surface area contributed by atoms with Gasteiger partial charge in [-0.2, -0.15) is 10.2 Å². The summed E-state index contributed by atoms with van der Waals surface area (Å²) in [7, 11) is 0. The Bertz CT molecular complexity index is 681. The maximum absolute atomic E-state index is 9.06. The van der Waals surface area contributed by atoms with E-state index in [1.807, 2.05) is 31.2 Å². The number of aromatic nitrogens is 2. The molecule has 0 saturated carbocycles. The van der Waals surface area contributed by atoms with Gasteiger partial charge in [0.15, 0.2) is 6.10 Å². The summed E-state index contributed by atoms with van der Waals surface area (Å²) in [6.45, 7) is 4.57. The van der Waals surface area contributed by atoms with E-state index in [0.29, 0.717) is 19.1 Å². The zero-order valence-corrected chi connectivity index (χ0v) is 11.9. The smallest absolute Gasteiger partial charge is 0.225 e. The van der Waals surface area contributed by atoms with Crippen molar-refractivity contribution in [3.63, 3.8) is 0 Å². The molecule has 0 spiro atoms. The Morgan fingerprint density at radius 1 is 1.43 bits per heavy atom. The first kappa shape index (κ1) is 13.6. The molecular weight excluding hydrogens is 266 g/mol. The van der Waals surface area contributed by atoms with Crippen LogP contribution in [0.15, 0.2) is 24.3 Å². The van der Waals surface area contributed by atoms with Crippen molar-refractivity contribution >= 4 is 22.7 Å². The maximum atomic E-state index is 9.06. The van der Waals surface area contributed by atoms with E-state index in [1.165, 1.54) is 0 Å². The fraction of sp³-hybridized carbons (Fsp3) is 0.400. The zero-order valence-electron chi connectivity index (χ0n) is 11.9. The highest BCUT2D eigenvalue weighted by molar-refractivity contribution is 5.90. The zero-order chi connectivity index (χ0) is 14.7. The molecule has 1 fully saturated rings. The van der Waals surface area contributed by atoms with Crippen molar-refractivity contribution in [2.75, 3.05) is 36.5 Å². The first-order valence-corrected chi connectivity index (χ1v) is 7.08. The van der Waals surface area contributed by atoms with Gasteiger partial charge < -0.3 is 15.0 Å². The summed E-state index contributed by atoms with van der Waals surface area (Å²) in [6, 6.07) is 10.1. The number of rotatable bonds is 3. The van der Waals surface area contributed by atoms with E-state index in [0.717, 1.165) is 29.8 Å². The van der Waals surface area contributed by atoms with Crippen molar-refractivity contribution < 1.29 is 4.74 Å². The number of nitriles is 1.